The summed E-state index contributed by atoms with van der Waals surface area (Å²) in [6, 6.07) is 12.8. The Labute approximate surface area is 156 Å². The van der Waals surface area contributed by atoms with Crippen LogP contribution in [0.15, 0.2) is 42.5 Å². The average molecular weight is 371 g/mol. The normalized spacial score (nSPS) is 10.6. The van der Waals surface area contributed by atoms with Gasteiger partial charge in [-0.1, -0.05) is 23.7 Å². The van der Waals surface area contributed by atoms with Crippen molar-refractivity contribution in [2.75, 3.05) is 7.11 Å². The number of hydrogen-bond acceptors (Lipinski definition) is 4. The number of nitrogens with zero attached hydrogens (tertiary/aromatic N) is 3. The Hall–Kier alpha value is -2.86. The van der Waals surface area contributed by atoms with Crippen LogP contribution in [0, 0.1) is 13.8 Å². The molecular formula is C19H19ClN4O2. The molecule has 1 aromatic carbocycles. The number of methoxy groups -OCH3 is 1. The fraction of sp³-hybridized carbons (Fsp3) is 0.211. The van der Waals surface area contributed by atoms with E-state index in [0.717, 1.165) is 22.7 Å². The summed E-state index contributed by atoms with van der Waals surface area (Å²) in [5.74, 6) is 0.978. The molecule has 7 heteroatoms. The van der Waals surface area contributed by atoms with Crippen molar-refractivity contribution in [2.24, 2.45) is 0 Å². The van der Waals surface area contributed by atoms with Gasteiger partial charge in [0.1, 0.15) is 11.4 Å². The van der Waals surface area contributed by atoms with E-state index in [1.165, 1.54) is 0 Å². The van der Waals surface area contributed by atoms with E-state index in [9.17, 15) is 4.79 Å². The molecule has 26 heavy (non-hydrogen) atoms. The molecule has 0 unspecified atom stereocenters. The van der Waals surface area contributed by atoms with Crippen LogP contribution in [0.2, 0.25) is 5.02 Å². The predicted octanol–water partition coefficient (Wildman–Crippen LogP) is 3.48. The molecule has 0 bridgehead atoms. The second kappa shape index (κ2) is 7.58. The van der Waals surface area contributed by atoms with Crippen LogP contribution < -0.4 is 10.1 Å². The van der Waals surface area contributed by atoms with Crippen molar-refractivity contribution in [1.29, 1.82) is 0 Å². The molecule has 0 aliphatic carbocycles. The molecule has 2 heterocycles. The van der Waals surface area contributed by atoms with Gasteiger partial charge in [0.05, 0.1) is 17.8 Å². The number of carbonyl (C=O) groups excluding carboxylic acids is 1. The highest BCUT2D eigenvalue weighted by molar-refractivity contribution is 6.33. The zero-order chi connectivity index (χ0) is 18.7. The lowest BCUT2D eigenvalue weighted by atomic mass is 10.2. The van der Waals surface area contributed by atoms with Crippen LogP contribution in [0.3, 0.4) is 0 Å². The molecule has 0 aliphatic heterocycles. The van der Waals surface area contributed by atoms with Gasteiger partial charge in [-0.05, 0) is 49.7 Å². The molecule has 0 saturated heterocycles. The summed E-state index contributed by atoms with van der Waals surface area (Å²) in [7, 11) is 1.61. The molecule has 1 amide bonds. The molecule has 3 aromatic rings. The number of pyridine rings is 1. The summed E-state index contributed by atoms with van der Waals surface area (Å²) < 4.78 is 6.81. The maximum Gasteiger partial charge on any atom is 0.271 e. The van der Waals surface area contributed by atoms with Gasteiger partial charge in [0.25, 0.3) is 5.91 Å². The van der Waals surface area contributed by atoms with E-state index in [2.05, 4.69) is 15.4 Å². The Morgan fingerprint density at radius 1 is 1.19 bits per heavy atom. The number of aryl methyl sites for hydroxylation is 2. The number of aromatic nitrogens is 3. The first kappa shape index (κ1) is 17.9. The largest absolute Gasteiger partial charge is 0.497 e. The SMILES string of the molecule is COc1ccc(CNC(=O)c2nc(-n3nc(C)cc3C)ccc2Cl)cc1. The first-order chi connectivity index (χ1) is 12.5. The minimum Gasteiger partial charge on any atom is -0.497 e. The molecule has 6 nitrogen and oxygen atoms in total. The van der Waals surface area contributed by atoms with Gasteiger partial charge in [-0.3, -0.25) is 4.79 Å². The van der Waals surface area contributed by atoms with Crippen LogP contribution in [-0.4, -0.2) is 27.8 Å². The van der Waals surface area contributed by atoms with E-state index in [0.29, 0.717) is 17.4 Å². The second-order valence-electron chi connectivity index (χ2n) is 5.87. The molecule has 1 N–H and O–H groups in total. The molecular weight excluding hydrogens is 352 g/mol. The van der Waals surface area contributed by atoms with Gasteiger partial charge < -0.3 is 10.1 Å². The van der Waals surface area contributed by atoms with Crippen molar-refractivity contribution >= 4 is 17.5 Å². The van der Waals surface area contributed by atoms with Crippen LogP contribution in [0.25, 0.3) is 5.82 Å². The average Bonchev–Trinajstić information content (AvgIpc) is 2.98. The van der Waals surface area contributed by atoms with Crippen molar-refractivity contribution in [3.8, 4) is 11.6 Å². The summed E-state index contributed by atoms with van der Waals surface area (Å²) in [5.41, 5.74) is 2.93. The quantitative estimate of drug-likeness (QED) is 0.746. The van der Waals surface area contributed by atoms with Gasteiger partial charge in [0, 0.05) is 12.2 Å². The topological polar surface area (TPSA) is 69.0 Å². The summed E-state index contributed by atoms with van der Waals surface area (Å²) in [6.45, 7) is 4.20. The van der Waals surface area contributed by atoms with Gasteiger partial charge >= 0.3 is 0 Å². The first-order valence-corrected chi connectivity index (χ1v) is 8.47. The Kier molecular flexibility index (Phi) is 5.23. The molecule has 0 fully saturated rings. The van der Waals surface area contributed by atoms with Crippen molar-refractivity contribution < 1.29 is 9.53 Å². The Balaban J connectivity index is 1.78. The maximum atomic E-state index is 12.5. The van der Waals surface area contributed by atoms with Gasteiger partial charge in [-0.15, -0.1) is 0 Å². The molecule has 3 rings (SSSR count). The molecule has 0 spiro atoms. The lowest BCUT2D eigenvalue weighted by Crippen LogP contribution is -2.24. The maximum absolute atomic E-state index is 12.5. The van der Waals surface area contributed by atoms with Crippen LogP contribution >= 0.6 is 11.6 Å². The van der Waals surface area contributed by atoms with E-state index in [4.69, 9.17) is 16.3 Å². The fourth-order valence-corrected chi connectivity index (χ4v) is 2.77. The third-order valence-corrected chi connectivity index (χ3v) is 4.19. The third-order valence-electron chi connectivity index (χ3n) is 3.89. The van der Waals surface area contributed by atoms with Crippen LogP contribution in [0.4, 0.5) is 0 Å². The molecule has 2 aromatic heterocycles. The van der Waals surface area contributed by atoms with Gasteiger partial charge in [0.2, 0.25) is 0 Å². The Morgan fingerprint density at radius 3 is 2.54 bits per heavy atom. The van der Waals surface area contributed by atoms with Crippen molar-refractivity contribution in [3.05, 3.63) is 70.1 Å². The Morgan fingerprint density at radius 2 is 1.92 bits per heavy atom. The molecule has 134 valence electrons. The predicted molar refractivity (Wildman–Crippen MR) is 100 cm³/mol. The highest BCUT2D eigenvalue weighted by atomic mass is 35.5. The highest BCUT2D eigenvalue weighted by Crippen LogP contribution is 2.18. The van der Waals surface area contributed by atoms with E-state index < -0.39 is 0 Å². The smallest absolute Gasteiger partial charge is 0.271 e. The number of amides is 1. The molecule has 0 atom stereocenters. The van der Waals surface area contributed by atoms with Crippen LogP contribution in [-0.2, 0) is 6.54 Å². The minimum atomic E-state index is -0.339. The summed E-state index contributed by atoms with van der Waals surface area (Å²) >= 11 is 6.18. The highest BCUT2D eigenvalue weighted by Gasteiger charge is 2.15. The van der Waals surface area contributed by atoms with E-state index in [1.54, 1.807) is 23.9 Å². The monoisotopic (exact) mass is 370 g/mol. The zero-order valence-electron chi connectivity index (χ0n) is 14.8. The summed E-state index contributed by atoms with van der Waals surface area (Å²) in [5, 5.41) is 7.52. The van der Waals surface area contributed by atoms with Crippen LogP contribution in [0.5, 0.6) is 5.75 Å². The lowest BCUT2D eigenvalue weighted by molar-refractivity contribution is 0.0946. The fourth-order valence-electron chi connectivity index (χ4n) is 2.58. The van der Waals surface area contributed by atoms with Gasteiger partial charge in [-0.25, -0.2) is 9.67 Å². The van der Waals surface area contributed by atoms with Gasteiger partial charge in [-0.2, -0.15) is 5.10 Å². The molecule has 0 saturated carbocycles. The molecule has 0 aliphatic rings. The van der Waals surface area contributed by atoms with Crippen molar-refractivity contribution in [2.45, 2.75) is 20.4 Å². The second-order valence-corrected chi connectivity index (χ2v) is 6.28. The minimum absolute atomic E-state index is 0.172. The third kappa shape index (κ3) is 3.86. The van der Waals surface area contributed by atoms with E-state index >= 15 is 0 Å². The zero-order valence-corrected chi connectivity index (χ0v) is 15.5. The van der Waals surface area contributed by atoms with Gasteiger partial charge in [0.15, 0.2) is 5.82 Å². The van der Waals surface area contributed by atoms with E-state index in [-0.39, 0.29) is 11.6 Å². The summed E-state index contributed by atoms with van der Waals surface area (Å²) in [6.07, 6.45) is 0. The molecule has 0 radical (unpaired) electrons. The number of nitrogens with one attached hydrogen (secondary N) is 1. The Bertz CT molecular complexity index is 935. The number of carbonyl (C=O) groups is 1. The van der Waals surface area contributed by atoms with Crippen molar-refractivity contribution in [1.82, 2.24) is 20.1 Å². The van der Waals surface area contributed by atoms with Crippen LogP contribution in [0.1, 0.15) is 27.4 Å². The van der Waals surface area contributed by atoms with E-state index in [1.807, 2.05) is 44.2 Å². The number of hydrogen-bond donors (Lipinski definition) is 1. The first-order valence-electron chi connectivity index (χ1n) is 8.09. The number of rotatable bonds is 5. The lowest BCUT2D eigenvalue weighted by Gasteiger charge is -2.09. The number of ether oxygens (including phenoxy) is 1. The standard InChI is InChI=1S/C19H19ClN4O2/c1-12-10-13(2)24(23-12)17-9-8-16(20)18(22-17)19(25)21-11-14-4-6-15(26-3)7-5-14/h4-10H,11H2,1-3H3,(H,21,25). The van der Waals surface area contributed by atoms with Crippen molar-refractivity contribution in [3.63, 3.8) is 0 Å². The summed E-state index contributed by atoms with van der Waals surface area (Å²) in [4.78, 5) is 16.9. The number of benzene rings is 1. The number of halogens is 1.